The number of benzene rings is 1. The highest BCUT2D eigenvalue weighted by atomic mass is 19.3. The van der Waals surface area contributed by atoms with E-state index < -0.39 is 36.1 Å². The quantitative estimate of drug-likeness (QED) is 0.895. The minimum atomic E-state index is -3.11. The van der Waals surface area contributed by atoms with Gasteiger partial charge in [-0.05, 0) is 31.4 Å². The third-order valence-corrected chi connectivity index (χ3v) is 3.23. The van der Waals surface area contributed by atoms with Gasteiger partial charge >= 0.3 is 6.61 Å². The fraction of sp³-hybridized carbons (Fsp3) is 0.462. The standard InChI is InChI=1S/C13H14F3NO3/c14-9-6-7(4-5-11(9)20-13(15)16)17-12(19)8-2-1-3-10(8)18/h4-6,8,10,13,18H,1-3H2,(H,17,19). The molecule has 0 aromatic heterocycles. The summed E-state index contributed by atoms with van der Waals surface area (Å²) in [7, 11) is 0. The molecule has 2 atom stereocenters. The van der Waals surface area contributed by atoms with E-state index in [0.29, 0.717) is 12.8 Å². The Labute approximate surface area is 113 Å². The lowest BCUT2D eigenvalue weighted by molar-refractivity contribution is -0.122. The maximum absolute atomic E-state index is 13.5. The van der Waals surface area contributed by atoms with Crippen LogP contribution in [0.4, 0.5) is 18.9 Å². The zero-order valence-corrected chi connectivity index (χ0v) is 10.5. The minimum Gasteiger partial charge on any atom is -0.432 e. The molecule has 0 radical (unpaired) electrons. The van der Waals surface area contributed by atoms with Gasteiger partial charge in [-0.2, -0.15) is 8.78 Å². The Morgan fingerprint density at radius 3 is 2.70 bits per heavy atom. The van der Waals surface area contributed by atoms with Gasteiger partial charge in [-0.3, -0.25) is 4.79 Å². The Morgan fingerprint density at radius 1 is 1.40 bits per heavy atom. The van der Waals surface area contributed by atoms with Crippen molar-refractivity contribution < 1.29 is 27.8 Å². The van der Waals surface area contributed by atoms with E-state index in [1.165, 1.54) is 6.07 Å². The normalized spacial score (nSPS) is 22.1. The topological polar surface area (TPSA) is 58.6 Å². The number of alkyl halides is 2. The number of amides is 1. The van der Waals surface area contributed by atoms with Crippen molar-refractivity contribution in [1.82, 2.24) is 0 Å². The number of carbonyl (C=O) groups excluding carboxylic acids is 1. The van der Waals surface area contributed by atoms with Gasteiger partial charge in [0.2, 0.25) is 5.91 Å². The maximum atomic E-state index is 13.5. The first-order valence-electron chi connectivity index (χ1n) is 6.20. The summed E-state index contributed by atoms with van der Waals surface area (Å²) in [6.07, 6.45) is 1.20. The lowest BCUT2D eigenvalue weighted by atomic mass is 10.1. The molecule has 2 rings (SSSR count). The second-order valence-corrected chi connectivity index (χ2v) is 4.62. The van der Waals surface area contributed by atoms with Crippen LogP contribution < -0.4 is 10.1 Å². The highest BCUT2D eigenvalue weighted by molar-refractivity contribution is 5.93. The summed E-state index contributed by atoms with van der Waals surface area (Å²) >= 11 is 0. The molecule has 1 aromatic rings. The number of anilines is 1. The van der Waals surface area contributed by atoms with Crippen molar-refractivity contribution in [3.8, 4) is 5.75 Å². The zero-order valence-electron chi connectivity index (χ0n) is 10.5. The molecular formula is C13H14F3NO3. The number of carbonyl (C=O) groups is 1. The van der Waals surface area contributed by atoms with Gasteiger partial charge in [0.1, 0.15) is 0 Å². The molecule has 1 fully saturated rings. The highest BCUT2D eigenvalue weighted by Gasteiger charge is 2.31. The zero-order chi connectivity index (χ0) is 14.7. The third kappa shape index (κ3) is 3.41. The molecule has 1 amide bonds. The summed E-state index contributed by atoms with van der Waals surface area (Å²) in [5.74, 6) is -2.50. The molecule has 20 heavy (non-hydrogen) atoms. The molecule has 4 nitrogen and oxygen atoms in total. The van der Waals surface area contributed by atoms with Crippen LogP contribution in [0.25, 0.3) is 0 Å². The molecule has 1 aliphatic rings. The molecular weight excluding hydrogens is 275 g/mol. The summed E-state index contributed by atoms with van der Waals surface area (Å²) < 4.78 is 41.4. The Hall–Kier alpha value is -1.76. The van der Waals surface area contributed by atoms with Crippen molar-refractivity contribution in [3.05, 3.63) is 24.0 Å². The molecule has 0 heterocycles. The fourth-order valence-electron chi connectivity index (χ4n) is 2.25. The van der Waals surface area contributed by atoms with Gasteiger partial charge in [0.25, 0.3) is 0 Å². The van der Waals surface area contributed by atoms with Crippen LogP contribution in [0.3, 0.4) is 0 Å². The van der Waals surface area contributed by atoms with Crippen LogP contribution in [0.15, 0.2) is 18.2 Å². The number of nitrogens with one attached hydrogen (secondary N) is 1. The van der Waals surface area contributed by atoms with Crippen molar-refractivity contribution in [2.75, 3.05) is 5.32 Å². The number of aliphatic hydroxyl groups is 1. The number of halogens is 3. The van der Waals surface area contributed by atoms with Crippen molar-refractivity contribution in [3.63, 3.8) is 0 Å². The minimum absolute atomic E-state index is 0.133. The van der Waals surface area contributed by atoms with Gasteiger partial charge in [-0.25, -0.2) is 4.39 Å². The highest BCUT2D eigenvalue weighted by Crippen LogP contribution is 2.28. The lowest BCUT2D eigenvalue weighted by Gasteiger charge is -2.15. The molecule has 1 aliphatic carbocycles. The van der Waals surface area contributed by atoms with Gasteiger partial charge in [-0.15, -0.1) is 0 Å². The summed E-state index contributed by atoms with van der Waals surface area (Å²) in [6.45, 7) is -3.11. The SMILES string of the molecule is O=C(Nc1ccc(OC(F)F)c(F)c1)C1CCCC1O. The van der Waals surface area contributed by atoms with Crippen molar-refractivity contribution in [2.24, 2.45) is 5.92 Å². The van der Waals surface area contributed by atoms with Crippen molar-refractivity contribution >= 4 is 11.6 Å². The molecule has 1 aromatic carbocycles. The van der Waals surface area contributed by atoms with E-state index in [2.05, 4.69) is 10.1 Å². The molecule has 0 bridgehead atoms. The van der Waals surface area contributed by atoms with Gasteiger partial charge in [0, 0.05) is 11.8 Å². The Bertz CT molecular complexity index is 496. The molecule has 0 saturated heterocycles. The first-order chi connectivity index (χ1) is 9.47. The lowest BCUT2D eigenvalue weighted by Crippen LogP contribution is -2.28. The number of rotatable bonds is 4. The average Bonchev–Trinajstić information content (AvgIpc) is 2.78. The van der Waals surface area contributed by atoms with Crippen LogP contribution in [-0.2, 0) is 4.79 Å². The van der Waals surface area contributed by atoms with E-state index in [1.807, 2.05) is 0 Å². The number of aliphatic hydroxyl groups excluding tert-OH is 1. The smallest absolute Gasteiger partial charge is 0.387 e. The van der Waals surface area contributed by atoms with E-state index >= 15 is 0 Å². The average molecular weight is 289 g/mol. The van der Waals surface area contributed by atoms with E-state index in [1.54, 1.807) is 0 Å². The third-order valence-electron chi connectivity index (χ3n) is 3.23. The molecule has 2 unspecified atom stereocenters. The molecule has 110 valence electrons. The number of hydrogen-bond donors (Lipinski definition) is 2. The van der Waals surface area contributed by atoms with Crippen LogP contribution in [0, 0.1) is 11.7 Å². The second-order valence-electron chi connectivity index (χ2n) is 4.62. The van der Waals surface area contributed by atoms with Crippen LogP contribution in [0.1, 0.15) is 19.3 Å². The summed E-state index contributed by atoms with van der Waals surface area (Å²) in [5.41, 5.74) is 0.133. The summed E-state index contributed by atoms with van der Waals surface area (Å²) in [4.78, 5) is 11.9. The first kappa shape index (κ1) is 14.6. The Balaban J connectivity index is 2.03. The van der Waals surface area contributed by atoms with Gasteiger partial charge in [0.15, 0.2) is 11.6 Å². The number of ether oxygens (including phenoxy) is 1. The molecule has 0 spiro atoms. The van der Waals surface area contributed by atoms with E-state index in [4.69, 9.17) is 0 Å². The van der Waals surface area contributed by atoms with Crippen molar-refractivity contribution in [2.45, 2.75) is 32.0 Å². The fourth-order valence-corrected chi connectivity index (χ4v) is 2.25. The van der Waals surface area contributed by atoms with Crippen molar-refractivity contribution in [1.29, 1.82) is 0 Å². The predicted octanol–water partition coefficient (Wildman–Crippen LogP) is 2.53. The second kappa shape index (κ2) is 6.13. The van der Waals surface area contributed by atoms with Crippen LogP contribution >= 0.6 is 0 Å². The van der Waals surface area contributed by atoms with Crippen LogP contribution in [0.5, 0.6) is 5.75 Å². The van der Waals surface area contributed by atoms with Gasteiger partial charge < -0.3 is 15.2 Å². The van der Waals surface area contributed by atoms with Gasteiger partial charge in [0.05, 0.1) is 12.0 Å². The van der Waals surface area contributed by atoms with E-state index in [0.717, 1.165) is 18.6 Å². The van der Waals surface area contributed by atoms with Crippen LogP contribution in [0.2, 0.25) is 0 Å². The maximum Gasteiger partial charge on any atom is 0.387 e. The first-order valence-corrected chi connectivity index (χ1v) is 6.20. The van der Waals surface area contributed by atoms with Crippen LogP contribution in [-0.4, -0.2) is 23.7 Å². The molecule has 2 N–H and O–H groups in total. The molecule has 7 heteroatoms. The predicted molar refractivity (Wildman–Crippen MR) is 65.0 cm³/mol. The molecule has 0 aliphatic heterocycles. The largest absolute Gasteiger partial charge is 0.432 e. The summed E-state index contributed by atoms with van der Waals surface area (Å²) in [5, 5.41) is 12.1. The number of hydrogen-bond acceptors (Lipinski definition) is 3. The Morgan fingerprint density at radius 2 is 2.15 bits per heavy atom. The Kier molecular flexibility index (Phi) is 4.49. The molecule has 1 saturated carbocycles. The summed E-state index contributed by atoms with van der Waals surface area (Å²) in [6, 6.07) is 3.18. The van der Waals surface area contributed by atoms with E-state index in [9.17, 15) is 23.1 Å². The monoisotopic (exact) mass is 289 g/mol. The van der Waals surface area contributed by atoms with E-state index in [-0.39, 0.29) is 5.69 Å². The van der Waals surface area contributed by atoms with Gasteiger partial charge in [-0.1, -0.05) is 0 Å².